The van der Waals surface area contributed by atoms with Crippen molar-refractivity contribution >= 4 is 0 Å². The molecular formula is C13H18F3NO. The third-order valence-corrected chi connectivity index (χ3v) is 2.30. The lowest BCUT2D eigenvalue weighted by atomic mass is 10.0. The summed E-state index contributed by atoms with van der Waals surface area (Å²) in [5, 5.41) is 2.99. The molecule has 0 fully saturated rings. The fourth-order valence-corrected chi connectivity index (χ4v) is 1.41. The van der Waals surface area contributed by atoms with E-state index in [4.69, 9.17) is 0 Å². The van der Waals surface area contributed by atoms with E-state index in [2.05, 4.69) is 11.8 Å². The molecule has 18 heavy (non-hydrogen) atoms. The van der Waals surface area contributed by atoms with E-state index < -0.39 is 12.6 Å². The number of allylic oxidation sites excluding steroid dienone is 4. The van der Waals surface area contributed by atoms with Gasteiger partial charge in [-0.1, -0.05) is 49.4 Å². The van der Waals surface area contributed by atoms with E-state index in [-0.39, 0.29) is 6.04 Å². The van der Waals surface area contributed by atoms with E-state index in [0.717, 1.165) is 12.5 Å². The Morgan fingerprint density at radius 1 is 1.44 bits per heavy atom. The highest BCUT2D eigenvalue weighted by atomic mass is 19.4. The molecule has 5 heteroatoms. The van der Waals surface area contributed by atoms with Crippen molar-refractivity contribution in [2.24, 2.45) is 5.18 Å². The number of hydrogen-bond donors (Lipinski definition) is 0. The molecular weight excluding hydrogens is 243 g/mol. The van der Waals surface area contributed by atoms with Crippen molar-refractivity contribution in [2.75, 3.05) is 0 Å². The van der Waals surface area contributed by atoms with Crippen molar-refractivity contribution < 1.29 is 13.2 Å². The van der Waals surface area contributed by atoms with Gasteiger partial charge >= 0.3 is 6.18 Å². The van der Waals surface area contributed by atoms with E-state index in [1.807, 2.05) is 6.92 Å². The van der Waals surface area contributed by atoms with Gasteiger partial charge in [0.15, 0.2) is 0 Å². The summed E-state index contributed by atoms with van der Waals surface area (Å²) in [6.07, 6.45) is 2.21. The van der Waals surface area contributed by atoms with Crippen LogP contribution < -0.4 is 0 Å². The van der Waals surface area contributed by atoms with E-state index >= 15 is 0 Å². The molecule has 0 N–H and O–H groups in total. The molecule has 0 aromatic heterocycles. The quantitative estimate of drug-likeness (QED) is 0.450. The van der Waals surface area contributed by atoms with Gasteiger partial charge in [0.2, 0.25) is 0 Å². The van der Waals surface area contributed by atoms with Crippen molar-refractivity contribution in [3.8, 4) is 0 Å². The Morgan fingerprint density at radius 2 is 2.11 bits per heavy atom. The largest absolute Gasteiger partial charge is 0.392 e. The van der Waals surface area contributed by atoms with Crippen LogP contribution in [0.25, 0.3) is 0 Å². The minimum Gasteiger partial charge on any atom is -0.171 e. The summed E-state index contributed by atoms with van der Waals surface area (Å²) < 4.78 is 35.6. The van der Waals surface area contributed by atoms with Crippen LogP contribution in [0.1, 0.15) is 32.6 Å². The van der Waals surface area contributed by atoms with Gasteiger partial charge in [-0.2, -0.15) is 18.1 Å². The summed E-state index contributed by atoms with van der Waals surface area (Å²) >= 11 is 0. The van der Waals surface area contributed by atoms with Crippen LogP contribution in [0.5, 0.6) is 0 Å². The van der Waals surface area contributed by atoms with E-state index in [1.165, 1.54) is 18.2 Å². The zero-order valence-electron chi connectivity index (χ0n) is 10.4. The normalized spacial score (nSPS) is 14.8. The third-order valence-electron chi connectivity index (χ3n) is 2.30. The topological polar surface area (TPSA) is 29.4 Å². The Kier molecular flexibility index (Phi) is 8.00. The van der Waals surface area contributed by atoms with Crippen molar-refractivity contribution in [2.45, 2.75) is 44.8 Å². The van der Waals surface area contributed by atoms with Gasteiger partial charge in [0.1, 0.15) is 0 Å². The van der Waals surface area contributed by atoms with Gasteiger partial charge in [-0.3, -0.25) is 0 Å². The number of hydrogen-bond acceptors (Lipinski definition) is 2. The fourth-order valence-electron chi connectivity index (χ4n) is 1.41. The maximum absolute atomic E-state index is 11.9. The van der Waals surface area contributed by atoms with Crippen LogP contribution in [-0.2, 0) is 0 Å². The molecule has 0 aromatic carbocycles. The highest BCUT2D eigenvalue weighted by Crippen LogP contribution is 2.20. The lowest BCUT2D eigenvalue weighted by Crippen LogP contribution is -2.04. The summed E-state index contributed by atoms with van der Waals surface area (Å²) in [4.78, 5) is 10.5. The number of nitroso groups, excluding NO2 is 1. The monoisotopic (exact) mass is 261 g/mol. The van der Waals surface area contributed by atoms with Crippen LogP contribution in [0.3, 0.4) is 0 Å². The molecule has 1 atom stereocenters. The highest BCUT2D eigenvalue weighted by Gasteiger charge is 2.24. The maximum Gasteiger partial charge on any atom is 0.392 e. The standard InChI is InChI=1S/C13H18F3NO/c1-3-7-12(17-18)10-11(4-2)8-5-6-9-13(14,15)16/h4-6,8,12H,2-3,7,9-10H2,1H3/b6-5-,11-8+/t12-/m1/s1. The molecule has 0 aromatic rings. The van der Waals surface area contributed by atoms with Crippen LogP contribution in [0.2, 0.25) is 0 Å². The van der Waals surface area contributed by atoms with E-state index in [1.54, 1.807) is 0 Å². The van der Waals surface area contributed by atoms with Crippen molar-refractivity contribution in [1.29, 1.82) is 0 Å². The molecule has 0 heterocycles. The molecule has 0 aliphatic carbocycles. The molecule has 0 saturated heterocycles. The average Bonchev–Trinajstić information content (AvgIpc) is 2.30. The Hall–Kier alpha value is -1.39. The minimum atomic E-state index is -4.19. The second kappa shape index (κ2) is 8.66. The first-order valence-corrected chi connectivity index (χ1v) is 5.80. The van der Waals surface area contributed by atoms with Gasteiger partial charge in [-0.25, -0.2) is 0 Å². The third kappa shape index (κ3) is 8.73. The molecule has 0 bridgehead atoms. The van der Waals surface area contributed by atoms with Crippen LogP contribution in [0.15, 0.2) is 41.6 Å². The van der Waals surface area contributed by atoms with Crippen molar-refractivity contribution in [1.82, 2.24) is 0 Å². The molecule has 0 saturated carbocycles. The maximum atomic E-state index is 11.9. The van der Waals surface area contributed by atoms with Gasteiger partial charge in [-0.15, -0.1) is 0 Å². The summed E-state index contributed by atoms with van der Waals surface area (Å²) in [5.41, 5.74) is 0.714. The van der Waals surface area contributed by atoms with Crippen LogP contribution in [-0.4, -0.2) is 12.2 Å². The highest BCUT2D eigenvalue weighted by molar-refractivity contribution is 5.23. The molecule has 2 nitrogen and oxygen atoms in total. The summed E-state index contributed by atoms with van der Waals surface area (Å²) in [5.74, 6) is 0. The second-order valence-electron chi connectivity index (χ2n) is 3.95. The Balaban J connectivity index is 4.39. The predicted molar refractivity (Wildman–Crippen MR) is 67.2 cm³/mol. The Bertz CT molecular complexity index is 319. The molecule has 0 aliphatic heterocycles. The first kappa shape index (κ1) is 16.6. The van der Waals surface area contributed by atoms with Gasteiger partial charge in [0.25, 0.3) is 0 Å². The predicted octanol–water partition coefficient (Wildman–Crippen LogP) is 4.93. The smallest absolute Gasteiger partial charge is 0.171 e. The average molecular weight is 261 g/mol. The lowest BCUT2D eigenvalue weighted by Gasteiger charge is -2.07. The van der Waals surface area contributed by atoms with Gasteiger partial charge in [-0.05, 0) is 18.4 Å². The molecule has 0 amide bonds. The zero-order chi connectivity index (χ0) is 14.0. The Labute approximate surface area is 105 Å². The minimum absolute atomic E-state index is 0.338. The summed E-state index contributed by atoms with van der Waals surface area (Å²) in [6, 6.07) is -0.338. The van der Waals surface area contributed by atoms with Crippen LogP contribution in [0.4, 0.5) is 13.2 Å². The van der Waals surface area contributed by atoms with Crippen molar-refractivity contribution in [3.63, 3.8) is 0 Å². The zero-order valence-corrected chi connectivity index (χ0v) is 10.4. The first-order chi connectivity index (χ1) is 8.42. The van der Waals surface area contributed by atoms with E-state index in [0.29, 0.717) is 18.4 Å². The molecule has 0 spiro atoms. The number of nitrogens with zero attached hydrogens (tertiary/aromatic N) is 1. The number of alkyl halides is 3. The lowest BCUT2D eigenvalue weighted by molar-refractivity contribution is -0.125. The fraction of sp³-hybridized carbons (Fsp3) is 0.538. The molecule has 0 rings (SSSR count). The number of halogens is 3. The van der Waals surface area contributed by atoms with Crippen LogP contribution in [0, 0.1) is 4.91 Å². The summed E-state index contributed by atoms with van der Waals surface area (Å²) in [7, 11) is 0. The van der Waals surface area contributed by atoms with E-state index in [9.17, 15) is 18.1 Å². The van der Waals surface area contributed by atoms with Crippen LogP contribution >= 0.6 is 0 Å². The SMILES string of the molecule is C=C/C(=C\C=C/CC(F)(F)F)C[C@@H](CCC)N=O. The van der Waals surface area contributed by atoms with Gasteiger partial charge < -0.3 is 0 Å². The molecule has 0 unspecified atom stereocenters. The van der Waals surface area contributed by atoms with Crippen molar-refractivity contribution in [3.05, 3.63) is 41.4 Å². The van der Waals surface area contributed by atoms with Gasteiger partial charge in [0.05, 0.1) is 12.5 Å². The number of rotatable bonds is 8. The van der Waals surface area contributed by atoms with Gasteiger partial charge in [0, 0.05) is 0 Å². The second-order valence-corrected chi connectivity index (χ2v) is 3.95. The summed E-state index contributed by atoms with van der Waals surface area (Å²) in [6.45, 7) is 5.51. The molecule has 0 aliphatic rings. The Morgan fingerprint density at radius 3 is 2.56 bits per heavy atom. The molecule has 102 valence electrons. The first-order valence-electron chi connectivity index (χ1n) is 5.80. The molecule has 0 radical (unpaired) electrons.